The third kappa shape index (κ3) is 4.42. The molecule has 0 radical (unpaired) electrons. The Morgan fingerprint density at radius 1 is 1.10 bits per heavy atom. The number of hydrogen-bond acceptors (Lipinski definition) is 1. The maximum atomic E-state index is 12.8. The Morgan fingerprint density at radius 3 is 2.48 bits per heavy atom. The van der Waals surface area contributed by atoms with Gasteiger partial charge in [0.05, 0.1) is 5.56 Å². The van der Waals surface area contributed by atoms with Gasteiger partial charge in [-0.3, -0.25) is 4.79 Å². The van der Waals surface area contributed by atoms with E-state index in [2.05, 4.69) is 38.8 Å². The lowest BCUT2D eigenvalue weighted by atomic mass is 10.1. The number of halogens is 2. The van der Waals surface area contributed by atoms with Crippen molar-refractivity contribution in [1.29, 1.82) is 0 Å². The second kappa shape index (κ2) is 7.76. The first kappa shape index (κ1) is 16.2. The smallest absolute Gasteiger partial charge is 0.255 e. The highest BCUT2D eigenvalue weighted by Crippen LogP contribution is 2.23. The van der Waals surface area contributed by atoms with Crippen LogP contribution in [0.5, 0.6) is 0 Å². The van der Waals surface area contributed by atoms with Crippen molar-refractivity contribution in [3.63, 3.8) is 0 Å². The quantitative estimate of drug-likeness (QED) is 0.657. The fourth-order valence-electron chi connectivity index (χ4n) is 2.16. The molecule has 0 aromatic heterocycles. The molecule has 0 heterocycles. The van der Waals surface area contributed by atoms with Gasteiger partial charge in [0.25, 0.3) is 5.91 Å². The average Bonchev–Trinajstić information content (AvgIpc) is 2.49. The molecule has 2 aromatic rings. The SMILES string of the molecule is CCCN(Cc1ccccc1)C(=O)c1cc(Br)ccc1Br. The number of rotatable bonds is 5. The Kier molecular flexibility index (Phi) is 6.00. The van der Waals surface area contributed by atoms with Crippen LogP contribution in [0.15, 0.2) is 57.5 Å². The molecule has 0 aliphatic heterocycles. The number of benzene rings is 2. The summed E-state index contributed by atoms with van der Waals surface area (Å²) in [4.78, 5) is 14.7. The predicted molar refractivity (Wildman–Crippen MR) is 93.3 cm³/mol. The molecule has 0 atom stereocenters. The Labute approximate surface area is 142 Å². The van der Waals surface area contributed by atoms with Crippen LogP contribution in [0.25, 0.3) is 0 Å². The highest BCUT2D eigenvalue weighted by molar-refractivity contribution is 9.11. The molecule has 110 valence electrons. The van der Waals surface area contributed by atoms with Crippen LogP contribution in [0.1, 0.15) is 29.3 Å². The summed E-state index contributed by atoms with van der Waals surface area (Å²) in [6.45, 7) is 3.46. The molecule has 2 aromatic carbocycles. The molecule has 21 heavy (non-hydrogen) atoms. The molecule has 0 saturated carbocycles. The topological polar surface area (TPSA) is 20.3 Å². The van der Waals surface area contributed by atoms with E-state index in [9.17, 15) is 4.79 Å². The van der Waals surface area contributed by atoms with Gasteiger partial charge < -0.3 is 4.90 Å². The molecule has 0 aliphatic rings. The molecular weight excluding hydrogens is 394 g/mol. The minimum atomic E-state index is 0.0499. The summed E-state index contributed by atoms with van der Waals surface area (Å²) < 4.78 is 1.73. The first-order valence-corrected chi connectivity index (χ1v) is 8.48. The van der Waals surface area contributed by atoms with E-state index in [0.717, 1.165) is 27.5 Å². The van der Waals surface area contributed by atoms with E-state index in [1.165, 1.54) is 0 Å². The lowest BCUT2D eigenvalue weighted by Crippen LogP contribution is -2.31. The zero-order valence-corrected chi connectivity index (χ0v) is 15.0. The summed E-state index contributed by atoms with van der Waals surface area (Å²) in [6, 6.07) is 15.8. The molecule has 0 fully saturated rings. The lowest BCUT2D eigenvalue weighted by molar-refractivity contribution is 0.0742. The van der Waals surface area contributed by atoms with Gasteiger partial charge in [-0.15, -0.1) is 0 Å². The van der Waals surface area contributed by atoms with Crippen LogP contribution in [0.2, 0.25) is 0 Å². The molecule has 0 bridgehead atoms. The maximum absolute atomic E-state index is 12.8. The number of carbonyl (C=O) groups is 1. The predicted octanol–water partition coefficient (Wildman–Crippen LogP) is 5.26. The normalized spacial score (nSPS) is 10.4. The van der Waals surface area contributed by atoms with Crippen LogP contribution in [0.4, 0.5) is 0 Å². The van der Waals surface area contributed by atoms with E-state index in [1.54, 1.807) is 0 Å². The van der Waals surface area contributed by atoms with Crippen molar-refractivity contribution < 1.29 is 4.79 Å². The molecule has 2 nitrogen and oxygen atoms in total. The Bertz CT molecular complexity index is 613. The monoisotopic (exact) mass is 409 g/mol. The van der Waals surface area contributed by atoms with E-state index in [-0.39, 0.29) is 5.91 Å². The van der Waals surface area contributed by atoms with Gasteiger partial charge in [0.2, 0.25) is 0 Å². The van der Waals surface area contributed by atoms with Gasteiger partial charge in [-0.2, -0.15) is 0 Å². The highest BCUT2D eigenvalue weighted by atomic mass is 79.9. The summed E-state index contributed by atoms with van der Waals surface area (Å²) in [6.07, 6.45) is 0.935. The van der Waals surface area contributed by atoms with Crippen LogP contribution in [0, 0.1) is 0 Å². The average molecular weight is 411 g/mol. The Morgan fingerprint density at radius 2 is 1.81 bits per heavy atom. The molecule has 0 N–H and O–H groups in total. The van der Waals surface area contributed by atoms with Gasteiger partial charge >= 0.3 is 0 Å². The maximum Gasteiger partial charge on any atom is 0.255 e. The van der Waals surface area contributed by atoms with E-state index in [4.69, 9.17) is 0 Å². The first-order valence-electron chi connectivity index (χ1n) is 6.90. The van der Waals surface area contributed by atoms with E-state index in [0.29, 0.717) is 12.1 Å². The number of nitrogens with zero attached hydrogens (tertiary/aromatic N) is 1. The second-order valence-electron chi connectivity index (χ2n) is 4.84. The van der Waals surface area contributed by atoms with Crippen molar-refractivity contribution in [1.82, 2.24) is 4.90 Å². The van der Waals surface area contributed by atoms with Gasteiger partial charge in [-0.1, -0.05) is 53.2 Å². The lowest BCUT2D eigenvalue weighted by Gasteiger charge is -2.23. The van der Waals surface area contributed by atoms with Crippen LogP contribution >= 0.6 is 31.9 Å². The third-order valence-corrected chi connectivity index (χ3v) is 4.34. The van der Waals surface area contributed by atoms with Crippen LogP contribution < -0.4 is 0 Å². The van der Waals surface area contributed by atoms with Gasteiger partial charge in [0.15, 0.2) is 0 Å². The zero-order valence-electron chi connectivity index (χ0n) is 11.9. The second-order valence-corrected chi connectivity index (χ2v) is 6.61. The number of hydrogen-bond donors (Lipinski definition) is 0. The fourth-order valence-corrected chi connectivity index (χ4v) is 2.94. The molecular formula is C17H17Br2NO. The Balaban J connectivity index is 2.25. The molecule has 0 spiro atoms. The third-order valence-electron chi connectivity index (χ3n) is 3.16. The van der Waals surface area contributed by atoms with Gasteiger partial charge in [0.1, 0.15) is 0 Å². The molecule has 0 saturated heterocycles. The fraction of sp³-hybridized carbons (Fsp3) is 0.235. The van der Waals surface area contributed by atoms with Crippen molar-refractivity contribution in [2.45, 2.75) is 19.9 Å². The van der Waals surface area contributed by atoms with E-state index < -0.39 is 0 Å². The number of amides is 1. The largest absolute Gasteiger partial charge is 0.334 e. The minimum Gasteiger partial charge on any atom is -0.334 e. The molecule has 0 unspecified atom stereocenters. The highest BCUT2D eigenvalue weighted by Gasteiger charge is 2.18. The van der Waals surface area contributed by atoms with Crippen LogP contribution in [-0.4, -0.2) is 17.4 Å². The van der Waals surface area contributed by atoms with Gasteiger partial charge in [-0.05, 0) is 46.1 Å². The molecule has 1 amide bonds. The van der Waals surface area contributed by atoms with Crippen molar-refractivity contribution in [3.8, 4) is 0 Å². The van der Waals surface area contributed by atoms with Crippen molar-refractivity contribution in [3.05, 3.63) is 68.6 Å². The van der Waals surface area contributed by atoms with E-state index in [1.807, 2.05) is 53.4 Å². The molecule has 2 rings (SSSR count). The van der Waals surface area contributed by atoms with E-state index >= 15 is 0 Å². The summed E-state index contributed by atoms with van der Waals surface area (Å²) in [5.74, 6) is 0.0499. The van der Waals surface area contributed by atoms with Crippen molar-refractivity contribution in [2.24, 2.45) is 0 Å². The number of carbonyl (C=O) groups excluding carboxylic acids is 1. The molecule has 4 heteroatoms. The summed E-state index contributed by atoms with van der Waals surface area (Å²) in [5.41, 5.74) is 1.83. The van der Waals surface area contributed by atoms with Gasteiger partial charge in [-0.25, -0.2) is 0 Å². The molecule has 0 aliphatic carbocycles. The van der Waals surface area contributed by atoms with Crippen LogP contribution in [-0.2, 0) is 6.54 Å². The van der Waals surface area contributed by atoms with Crippen molar-refractivity contribution >= 4 is 37.8 Å². The van der Waals surface area contributed by atoms with Crippen LogP contribution in [0.3, 0.4) is 0 Å². The summed E-state index contributed by atoms with van der Waals surface area (Å²) >= 11 is 6.90. The van der Waals surface area contributed by atoms with Gasteiger partial charge in [0, 0.05) is 22.0 Å². The first-order chi connectivity index (χ1) is 10.1. The summed E-state index contributed by atoms with van der Waals surface area (Å²) in [5, 5.41) is 0. The minimum absolute atomic E-state index is 0.0499. The summed E-state index contributed by atoms with van der Waals surface area (Å²) in [7, 11) is 0. The zero-order chi connectivity index (χ0) is 15.2. The van der Waals surface area contributed by atoms with Crippen molar-refractivity contribution in [2.75, 3.05) is 6.54 Å². The standard InChI is InChI=1S/C17H17Br2NO/c1-2-10-20(12-13-6-4-3-5-7-13)17(21)15-11-14(18)8-9-16(15)19/h3-9,11H,2,10,12H2,1H3. The Hall–Kier alpha value is -1.13.